The molecular weight excluding hydrogens is 108 g/mol. The maximum Gasteiger partial charge on any atom is 0.179 e. The molecule has 0 atom stereocenters. The van der Waals surface area contributed by atoms with Crippen molar-refractivity contribution in [1.82, 2.24) is 12.3 Å². The molecule has 4 heteroatoms. The Labute approximate surface area is 49.0 Å². The maximum atomic E-state index is 8.26. The lowest BCUT2D eigenvalue weighted by Gasteiger charge is -2.05. The quantitative estimate of drug-likeness (QED) is 0.294. The molecule has 0 aliphatic heterocycles. The molecular formula is C4H14N2O2. The molecule has 52 valence electrons. The first-order valence-electron chi connectivity index (χ1n) is 1.64. The number of hydrogen-bond donors (Lipinski definition) is 4. The Balaban J connectivity index is -0.000000125. The predicted octanol–water partition coefficient (Wildman–Crippen LogP) is 0.197. The van der Waals surface area contributed by atoms with Crippen LogP contribution in [0.2, 0.25) is 0 Å². The van der Waals surface area contributed by atoms with E-state index in [1.54, 1.807) is 0 Å². The van der Waals surface area contributed by atoms with Crippen LogP contribution in [-0.4, -0.2) is 16.0 Å². The zero-order valence-electron chi connectivity index (χ0n) is 5.09. The van der Waals surface area contributed by atoms with Crippen molar-refractivity contribution >= 4 is 0 Å². The van der Waals surface area contributed by atoms with Crippen LogP contribution in [0.5, 0.6) is 0 Å². The van der Waals surface area contributed by atoms with Crippen LogP contribution in [-0.2, 0) is 0 Å². The lowest BCUT2D eigenvalue weighted by molar-refractivity contribution is -0.100. The van der Waals surface area contributed by atoms with E-state index in [1.807, 2.05) is 0 Å². The van der Waals surface area contributed by atoms with E-state index < -0.39 is 5.79 Å². The standard InChI is InChI=1S/C4H8O2.2H3N/c1-3-4(2,5)6;;/h3,5-6H,1H2,2H3;2*1H3. The zero-order valence-corrected chi connectivity index (χ0v) is 5.09. The van der Waals surface area contributed by atoms with Crippen molar-refractivity contribution < 1.29 is 10.2 Å². The average Bonchev–Trinajstić information content (AvgIpc) is 1.35. The highest BCUT2D eigenvalue weighted by Crippen LogP contribution is 1.93. The summed E-state index contributed by atoms with van der Waals surface area (Å²) in [6.07, 6.45) is 1.05. The molecule has 0 radical (unpaired) electrons. The molecule has 0 spiro atoms. The summed E-state index contributed by atoms with van der Waals surface area (Å²) in [4.78, 5) is 0. The van der Waals surface area contributed by atoms with Gasteiger partial charge in [-0.1, -0.05) is 6.58 Å². The molecule has 0 aromatic heterocycles. The Bertz CT molecular complexity index is 57.5. The monoisotopic (exact) mass is 122 g/mol. The third-order valence-electron chi connectivity index (χ3n) is 0.387. The molecule has 8 heavy (non-hydrogen) atoms. The van der Waals surface area contributed by atoms with E-state index in [1.165, 1.54) is 6.92 Å². The molecule has 0 saturated carbocycles. The van der Waals surface area contributed by atoms with Crippen LogP contribution in [0.15, 0.2) is 12.7 Å². The van der Waals surface area contributed by atoms with Gasteiger partial charge in [-0.25, -0.2) is 0 Å². The topological polar surface area (TPSA) is 110 Å². The van der Waals surface area contributed by atoms with Crippen molar-refractivity contribution in [1.29, 1.82) is 0 Å². The van der Waals surface area contributed by atoms with Gasteiger partial charge in [0.2, 0.25) is 0 Å². The minimum absolute atomic E-state index is 0. The van der Waals surface area contributed by atoms with Gasteiger partial charge in [-0.2, -0.15) is 0 Å². The fourth-order valence-corrected chi connectivity index (χ4v) is 0. The Morgan fingerprint density at radius 2 is 1.50 bits per heavy atom. The molecule has 0 aliphatic rings. The highest BCUT2D eigenvalue weighted by molar-refractivity contribution is 4.80. The van der Waals surface area contributed by atoms with Crippen molar-refractivity contribution in [3.05, 3.63) is 12.7 Å². The highest BCUT2D eigenvalue weighted by atomic mass is 16.5. The van der Waals surface area contributed by atoms with Crippen molar-refractivity contribution in [2.75, 3.05) is 0 Å². The van der Waals surface area contributed by atoms with Crippen LogP contribution in [0.4, 0.5) is 0 Å². The largest absolute Gasteiger partial charge is 0.363 e. The third-order valence-corrected chi connectivity index (χ3v) is 0.387. The summed E-state index contributed by atoms with van der Waals surface area (Å²) in [6, 6.07) is 0. The van der Waals surface area contributed by atoms with Crippen LogP contribution >= 0.6 is 0 Å². The van der Waals surface area contributed by atoms with Crippen molar-refractivity contribution in [2.24, 2.45) is 0 Å². The summed E-state index contributed by atoms with van der Waals surface area (Å²) < 4.78 is 0. The molecule has 0 bridgehead atoms. The summed E-state index contributed by atoms with van der Waals surface area (Å²) in [6.45, 7) is 4.37. The summed E-state index contributed by atoms with van der Waals surface area (Å²) in [5.41, 5.74) is 0. The molecule has 4 nitrogen and oxygen atoms in total. The Morgan fingerprint density at radius 3 is 1.50 bits per heavy atom. The Morgan fingerprint density at radius 1 is 1.38 bits per heavy atom. The van der Waals surface area contributed by atoms with E-state index in [2.05, 4.69) is 6.58 Å². The van der Waals surface area contributed by atoms with Gasteiger partial charge in [0.25, 0.3) is 0 Å². The minimum Gasteiger partial charge on any atom is -0.363 e. The first-order chi connectivity index (χ1) is 2.56. The lowest BCUT2D eigenvalue weighted by atomic mass is 10.3. The summed E-state index contributed by atoms with van der Waals surface area (Å²) >= 11 is 0. The van der Waals surface area contributed by atoms with Gasteiger partial charge in [0, 0.05) is 0 Å². The van der Waals surface area contributed by atoms with E-state index in [4.69, 9.17) is 10.2 Å². The second kappa shape index (κ2) is 4.73. The summed E-state index contributed by atoms with van der Waals surface area (Å²) in [5.74, 6) is -1.69. The first-order valence-corrected chi connectivity index (χ1v) is 1.64. The lowest BCUT2D eigenvalue weighted by Crippen LogP contribution is -2.17. The van der Waals surface area contributed by atoms with Crippen LogP contribution in [0.1, 0.15) is 6.92 Å². The van der Waals surface area contributed by atoms with Gasteiger partial charge in [0.05, 0.1) is 0 Å². The molecule has 8 N–H and O–H groups in total. The molecule has 0 rings (SSSR count). The SMILES string of the molecule is C=CC(C)(O)O.N.N. The fourth-order valence-electron chi connectivity index (χ4n) is 0. The first kappa shape index (κ1) is 15.6. The number of hydrogen-bond acceptors (Lipinski definition) is 4. The van der Waals surface area contributed by atoms with Gasteiger partial charge < -0.3 is 22.5 Å². The molecule has 0 saturated heterocycles. The minimum atomic E-state index is -1.69. The van der Waals surface area contributed by atoms with Gasteiger partial charge in [-0.3, -0.25) is 0 Å². The molecule has 0 aliphatic carbocycles. The molecule has 0 amide bonds. The van der Waals surface area contributed by atoms with Crippen molar-refractivity contribution in [3.8, 4) is 0 Å². The van der Waals surface area contributed by atoms with E-state index in [0.717, 1.165) is 6.08 Å². The van der Waals surface area contributed by atoms with Gasteiger partial charge in [0.1, 0.15) is 0 Å². The molecule has 0 unspecified atom stereocenters. The van der Waals surface area contributed by atoms with Crippen LogP contribution in [0.25, 0.3) is 0 Å². The van der Waals surface area contributed by atoms with Crippen LogP contribution < -0.4 is 12.3 Å². The van der Waals surface area contributed by atoms with Crippen LogP contribution in [0, 0.1) is 0 Å². The highest BCUT2D eigenvalue weighted by Gasteiger charge is 2.04. The number of rotatable bonds is 1. The predicted molar refractivity (Wildman–Crippen MR) is 33.1 cm³/mol. The van der Waals surface area contributed by atoms with E-state index in [-0.39, 0.29) is 12.3 Å². The molecule has 0 aromatic carbocycles. The van der Waals surface area contributed by atoms with Gasteiger partial charge in [-0.05, 0) is 13.0 Å². The van der Waals surface area contributed by atoms with Crippen molar-refractivity contribution in [3.63, 3.8) is 0 Å². The Kier molecular flexibility index (Phi) is 9.25. The second-order valence-corrected chi connectivity index (χ2v) is 1.30. The van der Waals surface area contributed by atoms with E-state index in [0.29, 0.717) is 0 Å². The molecule has 0 aromatic rings. The van der Waals surface area contributed by atoms with E-state index >= 15 is 0 Å². The Hall–Kier alpha value is -0.420. The smallest absolute Gasteiger partial charge is 0.179 e. The van der Waals surface area contributed by atoms with E-state index in [9.17, 15) is 0 Å². The van der Waals surface area contributed by atoms with Gasteiger partial charge >= 0.3 is 0 Å². The normalized spacial score (nSPS) is 8.38. The van der Waals surface area contributed by atoms with Crippen LogP contribution in [0.3, 0.4) is 0 Å². The average molecular weight is 122 g/mol. The van der Waals surface area contributed by atoms with Gasteiger partial charge in [-0.15, -0.1) is 0 Å². The second-order valence-electron chi connectivity index (χ2n) is 1.30. The third kappa shape index (κ3) is 17.6. The van der Waals surface area contributed by atoms with Crippen molar-refractivity contribution in [2.45, 2.75) is 12.7 Å². The molecule has 0 fully saturated rings. The maximum absolute atomic E-state index is 8.26. The zero-order chi connectivity index (χ0) is 5.21. The fraction of sp³-hybridized carbons (Fsp3) is 0.500. The summed E-state index contributed by atoms with van der Waals surface area (Å²) in [5, 5.41) is 16.5. The van der Waals surface area contributed by atoms with Gasteiger partial charge in [0.15, 0.2) is 5.79 Å². The summed E-state index contributed by atoms with van der Waals surface area (Å²) in [7, 11) is 0. The molecule has 0 heterocycles. The number of aliphatic hydroxyl groups is 2.